The Morgan fingerprint density at radius 1 is 1.40 bits per heavy atom. The summed E-state index contributed by atoms with van der Waals surface area (Å²) >= 11 is 1.30. The number of hydrogen-bond acceptors (Lipinski definition) is 8. The Kier molecular flexibility index (Phi) is 5.76. The van der Waals surface area contributed by atoms with Crippen LogP contribution in [0.25, 0.3) is 10.7 Å². The fraction of sp³-hybridized carbons (Fsp3) is 0.421. The molecule has 11 heteroatoms. The Hall–Kier alpha value is -2.50. The highest BCUT2D eigenvalue weighted by molar-refractivity contribution is 7.89. The molecule has 1 fully saturated rings. The predicted octanol–water partition coefficient (Wildman–Crippen LogP) is 2.73. The SMILES string of the molecule is Cc1nc(-c2cc(S(=O)(=O)N3CCC[C@@H](C(=O)NCc4ccco4)C3)c(C)s2)no1. The fourth-order valence-corrected chi connectivity index (χ4v) is 6.49. The standard InChI is InChI=1S/C19H22N4O5S2/c1-12-17(9-16(29-12)18-21-13(2)28-22-18)30(25,26)23-7-3-5-14(11-23)19(24)20-10-15-6-4-8-27-15/h4,6,8-9,14H,3,5,7,10-11H2,1-2H3,(H,20,24)/t14-/m1/s1. The van der Waals surface area contributed by atoms with Crippen LogP contribution in [-0.4, -0.2) is 41.9 Å². The quantitative estimate of drug-likeness (QED) is 0.613. The van der Waals surface area contributed by atoms with Crippen molar-refractivity contribution in [2.24, 2.45) is 5.92 Å². The first-order chi connectivity index (χ1) is 14.3. The van der Waals surface area contributed by atoms with E-state index in [1.807, 2.05) is 0 Å². The largest absolute Gasteiger partial charge is 0.467 e. The molecule has 0 aromatic carbocycles. The molecule has 4 rings (SSSR count). The van der Waals surface area contributed by atoms with E-state index in [9.17, 15) is 13.2 Å². The Labute approximate surface area is 178 Å². The molecule has 0 saturated carbocycles. The minimum Gasteiger partial charge on any atom is -0.467 e. The summed E-state index contributed by atoms with van der Waals surface area (Å²) in [5.41, 5.74) is 0. The van der Waals surface area contributed by atoms with Crippen LogP contribution in [0.15, 0.2) is 38.3 Å². The normalized spacial score (nSPS) is 17.9. The van der Waals surface area contributed by atoms with E-state index >= 15 is 0 Å². The molecule has 0 spiro atoms. The van der Waals surface area contributed by atoms with E-state index < -0.39 is 15.9 Å². The minimum atomic E-state index is -3.74. The average Bonchev–Trinajstić information content (AvgIpc) is 3.47. The molecule has 3 aromatic heterocycles. The van der Waals surface area contributed by atoms with Gasteiger partial charge in [-0.1, -0.05) is 5.16 Å². The first kappa shape index (κ1) is 20.8. The van der Waals surface area contributed by atoms with Crippen LogP contribution >= 0.6 is 11.3 Å². The van der Waals surface area contributed by atoms with Crippen molar-refractivity contribution in [3.63, 3.8) is 0 Å². The molecule has 0 aliphatic carbocycles. The second kappa shape index (κ2) is 8.32. The van der Waals surface area contributed by atoms with Gasteiger partial charge >= 0.3 is 0 Å². The molecule has 160 valence electrons. The van der Waals surface area contributed by atoms with Crippen molar-refractivity contribution in [1.82, 2.24) is 19.8 Å². The topological polar surface area (TPSA) is 119 Å². The maximum atomic E-state index is 13.3. The lowest BCUT2D eigenvalue weighted by Crippen LogP contribution is -2.45. The van der Waals surface area contributed by atoms with Crippen molar-refractivity contribution in [2.75, 3.05) is 13.1 Å². The Bertz CT molecular complexity index is 1130. The molecule has 1 aliphatic rings. The highest BCUT2D eigenvalue weighted by atomic mass is 32.2. The van der Waals surface area contributed by atoms with E-state index in [-0.39, 0.29) is 23.9 Å². The third kappa shape index (κ3) is 4.18. The van der Waals surface area contributed by atoms with E-state index in [1.54, 1.807) is 38.3 Å². The van der Waals surface area contributed by atoms with Crippen molar-refractivity contribution < 1.29 is 22.2 Å². The zero-order valence-electron chi connectivity index (χ0n) is 16.6. The molecule has 0 unspecified atom stereocenters. The van der Waals surface area contributed by atoms with Crippen LogP contribution in [0.1, 0.15) is 29.4 Å². The van der Waals surface area contributed by atoms with Gasteiger partial charge in [-0.2, -0.15) is 9.29 Å². The molecule has 0 radical (unpaired) electrons. The summed E-state index contributed by atoms with van der Waals surface area (Å²) in [7, 11) is -3.74. The van der Waals surface area contributed by atoms with Gasteiger partial charge in [0, 0.05) is 24.9 Å². The van der Waals surface area contributed by atoms with E-state index in [2.05, 4.69) is 15.5 Å². The number of rotatable bonds is 6. The Morgan fingerprint density at radius 3 is 2.93 bits per heavy atom. The van der Waals surface area contributed by atoms with Gasteiger partial charge < -0.3 is 14.3 Å². The number of furan rings is 1. The summed E-state index contributed by atoms with van der Waals surface area (Å²) in [6, 6.07) is 5.12. The van der Waals surface area contributed by atoms with Gasteiger partial charge in [-0.3, -0.25) is 4.79 Å². The summed E-state index contributed by atoms with van der Waals surface area (Å²) in [5.74, 6) is 0.871. The zero-order chi connectivity index (χ0) is 21.3. The summed E-state index contributed by atoms with van der Waals surface area (Å²) in [6.45, 7) is 4.26. The van der Waals surface area contributed by atoms with E-state index in [0.717, 1.165) is 0 Å². The van der Waals surface area contributed by atoms with Gasteiger partial charge in [0.15, 0.2) is 0 Å². The van der Waals surface area contributed by atoms with Crippen LogP contribution in [0.2, 0.25) is 0 Å². The van der Waals surface area contributed by atoms with Crippen LogP contribution in [0.3, 0.4) is 0 Å². The number of aryl methyl sites for hydroxylation is 2. The van der Waals surface area contributed by atoms with Crippen molar-refractivity contribution in [3.8, 4) is 10.7 Å². The monoisotopic (exact) mass is 450 g/mol. The van der Waals surface area contributed by atoms with Crippen molar-refractivity contribution >= 4 is 27.3 Å². The number of carbonyl (C=O) groups excluding carboxylic acids is 1. The van der Waals surface area contributed by atoms with E-state index in [4.69, 9.17) is 8.94 Å². The van der Waals surface area contributed by atoms with Crippen LogP contribution in [-0.2, 0) is 21.4 Å². The lowest BCUT2D eigenvalue weighted by Gasteiger charge is -2.31. The minimum absolute atomic E-state index is 0.151. The number of nitrogens with one attached hydrogen (secondary N) is 1. The third-order valence-electron chi connectivity index (χ3n) is 5.01. The van der Waals surface area contributed by atoms with Crippen LogP contribution < -0.4 is 5.32 Å². The molecule has 0 bridgehead atoms. The Balaban J connectivity index is 1.48. The van der Waals surface area contributed by atoms with Gasteiger partial charge in [0.1, 0.15) is 5.76 Å². The van der Waals surface area contributed by atoms with Crippen LogP contribution in [0, 0.1) is 19.8 Å². The predicted molar refractivity (Wildman–Crippen MR) is 109 cm³/mol. The van der Waals surface area contributed by atoms with E-state index in [1.165, 1.54) is 15.6 Å². The number of hydrogen-bond donors (Lipinski definition) is 1. The number of amides is 1. The molecule has 1 atom stereocenters. The highest BCUT2D eigenvalue weighted by Gasteiger charge is 2.35. The van der Waals surface area contributed by atoms with Gasteiger partial charge in [-0.05, 0) is 38.0 Å². The smallest absolute Gasteiger partial charge is 0.244 e. The first-order valence-electron chi connectivity index (χ1n) is 9.56. The third-order valence-corrected chi connectivity index (χ3v) is 8.18. The van der Waals surface area contributed by atoms with Gasteiger partial charge in [0.25, 0.3) is 0 Å². The van der Waals surface area contributed by atoms with Crippen molar-refractivity contribution in [1.29, 1.82) is 0 Å². The number of carbonyl (C=O) groups is 1. The van der Waals surface area contributed by atoms with Gasteiger partial charge in [0.05, 0.1) is 28.5 Å². The van der Waals surface area contributed by atoms with Crippen LogP contribution in [0.4, 0.5) is 0 Å². The lowest BCUT2D eigenvalue weighted by atomic mass is 9.99. The molecule has 3 aromatic rings. The molecule has 4 heterocycles. The summed E-state index contributed by atoms with van der Waals surface area (Å²) in [5, 5.41) is 6.69. The van der Waals surface area contributed by atoms with Gasteiger partial charge in [-0.25, -0.2) is 8.42 Å². The molecular formula is C19H22N4O5S2. The second-order valence-corrected chi connectivity index (χ2v) is 10.3. The fourth-order valence-electron chi connectivity index (χ4n) is 3.48. The van der Waals surface area contributed by atoms with Gasteiger partial charge in [0.2, 0.25) is 27.6 Å². The number of aromatic nitrogens is 2. The van der Waals surface area contributed by atoms with Crippen molar-refractivity contribution in [2.45, 2.75) is 38.1 Å². The molecular weight excluding hydrogens is 428 g/mol. The first-order valence-corrected chi connectivity index (χ1v) is 11.8. The van der Waals surface area contributed by atoms with Crippen molar-refractivity contribution in [3.05, 3.63) is 41.0 Å². The van der Waals surface area contributed by atoms with Crippen LogP contribution in [0.5, 0.6) is 0 Å². The van der Waals surface area contributed by atoms with E-state index in [0.29, 0.717) is 46.6 Å². The highest BCUT2D eigenvalue weighted by Crippen LogP contribution is 2.34. The maximum Gasteiger partial charge on any atom is 0.244 e. The molecule has 1 aliphatic heterocycles. The maximum absolute atomic E-state index is 13.3. The molecule has 1 amide bonds. The molecule has 9 nitrogen and oxygen atoms in total. The molecule has 30 heavy (non-hydrogen) atoms. The summed E-state index contributed by atoms with van der Waals surface area (Å²) in [6.07, 6.45) is 2.81. The summed E-state index contributed by atoms with van der Waals surface area (Å²) in [4.78, 5) is 18.2. The number of nitrogens with zero attached hydrogens (tertiary/aromatic N) is 3. The number of thiophene rings is 1. The number of piperidine rings is 1. The average molecular weight is 451 g/mol. The number of sulfonamides is 1. The zero-order valence-corrected chi connectivity index (χ0v) is 18.3. The molecule has 1 N–H and O–H groups in total. The Morgan fingerprint density at radius 2 is 2.23 bits per heavy atom. The van der Waals surface area contributed by atoms with Gasteiger partial charge in [-0.15, -0.1) is 11.3 Å². The summed E-state index contributed by atoms with van der Waals surface area (Å²) < 4.78 is 38.2. The lowest BCUT2D eigenvalue weighted by molar-refractivity contribution is -0.126. The second-order valence-electron chi connectivity index (χ2n) is 7.17. The molecule has 1 saturated heterocycles.